The van der Waals surface area contributed by atoms with Crippen molar-refractivity contribution in [3.63, 3.8) is 0 Å². The van der Waals surface area contributed by atoms with Crippen molar-refractivity contribution >= 4 is 23.3 Å². The van der Waals surface area contributed by atoms with Crippen molar-refractivity contribution in [1.29, 1.82) is 0 Å². The van der Waals surface area contributed by atoms with Gasteiger partial charge in [0.15, 0.2) is 0 Å². The van der Waals surface area contributed by atoms with E-state index in [0.29, 0.717) is 25.5 Å². The highest BCUT2D eigenvalue weighted by Crippen LogP contribution is 2.34. The number of carbonyl (C=O) groups excluding carboxylic acids is 2. The Kier molecular flexibility index (Phi) is 7.90. The van der Waals surface area contributed by atoms with E-state index in [1.807, 2.05) is 43.0 Å². The third-order valence-corrected chi connectivity index (χ3v) is 6.91. The average Bonchev–Trinajstić information content (AvgIpc) is 3.53. The summed E-state index contributed by atoms with van der Waals surface area (Å²) in [5.41, 5.74) is 2.30. The number of nitrogens with zero attached hydrogens (tertiary/aromatic N) is 2. The molecule has 3 amide bonds. The second kappa shape index (κ2) is 11.2. The molecule has 4 rings (SSSR count). The van der Waals surface area contributed by atoms with E-state index in [9.17, 15) is 9.59 Å². The van der Waals surface area contributed by atoms with Crippen LogP contribution < -0.4 is 10.1 Å². The standard InChI is InChI=1S/C26H31N3O4S/c1-3-12-27-26(31)28(16-21-5-4-14-32-21)17-25(30)29-13-10-24-22(11-15-34-24)23(29)18-33-20-8-6-19(2)7-9-20/h4-9,11,14-15,23H,3,10,12-13,16-18H2,1-2H3,(H,27,31)/t23-/m1/s1. The van der Waals surface area contributed by atoms with Gasteiger partial charge in [-0.15, -0.1) is 11.3 Å². The fourth-order valence-electron chi connectivity index (χ4n) is 4.07. The van der Waals surface area contributed by atoms with Gasteiger partial charge in [0, 0.05) is 18.0 Å². The van der Waals surface area contributed by atoms with Crippen LogP contribution in [0.1, 0.15) is 41.2 Å². The van der Waals surface area contributed by atoms with E-state index in [1.54, 1.807) is 29.7 Å². The number of fused-ring (bicyclic) bond motifs is 1. The van der Waals surface area contributed by atoms with Gasteiger partial charge in [0.2, 0.25) is 5.91 Å². The van der Waals surface area contributed by atoms with Crippen LogP contribution >= 0.6 is 11.3 Å². The normalized spacial score (nSPS) is 15.0. The number of nitrogens with one attached hydrogen (secondary N) is 1. The molecule has 0 saturated heterocycles. The zero-order chi connectivity index (χ0) is 23.9. The number of thiophene rings is 1. The molecule has 3 heterocycles. The second-order valence-corrected chi connectivity index (χ2v) is 9.44. The number of hydrogen-bond donors (Lipinski definition) is 1. The third-order valence-electron chi connectivity index (χ3n) is 5.91. The largest absolute Gasteiger partial charge is 0.491 e. The number of urea groups is 1. The number of benzene rings is 1. The molecule has 1 N–H and O–H groups in total. The smallest absolute Gasteiger partial charge is 0.318 e. The van der Waals surface area contributed by atoms with Gasteiger partial charge < -0.3 is 24.3 Å². The second-order valence-electron chi connectivity index (χ2n) is 8.44. The predicted molar refractivity (Wildman–Crippen MR) is 132 cm³/mol. The molecular weight excluding hydrogens is 450 g/mol. The zero-order valence-electron chi connectivity index (χ0n) is 19.7. The fraction of sp³-hybridized carbons (Fsp3) is 0.385. The van der Waals surface area contributed by atoms with Crippen LogP contribution in [0.2, 0.25) is 0 Å². The lowest BCUT2D eigenvalue weighted by Crippen LogP contribution is -2.49. The van der Waals surface area contributed by atoms with Gasteiger partial charge in [-0.05, 0) is 61.0 Å². The van der Waals surface area contributed by atoms with E-state index in [2.05, 4.69) is 16.8 Å². The molecule has 1 aliphatic heterocycles. The first-order valence-corrected chi connectivity index (χ1v) is 12.5. The Morgan fingerprint density at radius 2 is 2.06 bits per heavy atom. The summed E-state index contributed by atoms with van der Waals surface area (Å²) >= 11 is 1.72. The molecule has 1 aliphatic rings. The Morgan fingerprint density at radius 1 is 1.24 bits per heavy atom. The quantitative estimate of drug-likeness (QED) is 0.477. The average molecular weight is 482 g/mol. The Hall–Kier alpha value is -3.26. The van der Waals surface area contributed by atoms with Crippen molar-refractivity contribution in [1.82, 2.24) is 15.1 Å². The summed E-state index contributed by atoms with van der Waals surface area (Å²) in [6.45, 7) is 5.74. The number of aryl methyl sites for hydroxylation is 1. The highest BCUT2D eigenvalue weighted by Gasteiger charge is 2.33. The SMILES string of the molecule is CCCNC(=O)N(CC(=O)N1CCc2sccc2[C@H]1COc1ccc(C)cc1)Cc1ccco1. The molecule has 0 saturated carbocycles. The fourth-order valence-corrected chi connectivity index (χ4v) is 5.00. The highest BCUT2D eigenvalue weighted by molar-refractivity contribution is 7.10. The van der Waals surface area contributed by atoms with Crippen molar-refractivity contribution in [3.05, 3.63) is 75.9 Å². The Morgan fingerprint density at radius 3 is 2.79 bits per heavy atom. The predicted octanol–water partition coefficient (Wildman–Crippen LogP) is 4.78. The van der Waals surface area contributed by atoms with Gasteiger partial charge in [0.25, 0.3) is 0 Å². The number of rotatable bonds is 9. The van der Waals surface area contributed by atoms with Crippen LogP contribution in [0, 0.1) is 6.92 Å². The van der Waals surface area contributed by atoms with Crippen LogP contribution in [0.25, 0.3) is 0 Å². The molecule has 3 aromatic rings. The van der Waals surface area contributed by atoms with Crippen molar-refractivity contribution < 1.29 is 18.7 Å². The molecule has 0 radical (unpaired) electrons. The van der Waals surface area contributed by atoms with E-state index in [1.165, 1.54) is 15.3 Å². The number of hydrogen-bond acceptors (Lipinski definition) is 5. The Bertz CT molecular complexity index is 1080. The Labute approximate surface area is 204 Å². The van der Waals surface area contributed by atoms with Crippen LogP contribution in [0.15, 0.2) is 58.5 Å². The first-order chi connectivity index (χ1) is 16.5. The molecule has 0 bridgehead atoms. The molecule has 8 heteroatoms. The molecule has 7 nitrogen and oxygen atoms in total. The first kappa shape index (κ1) is 23.9. The van der Waals surface area contributed by atoms with Crippen LogP contribution in [-0.2, 0) is 17.8 Å². The van der Waals surface area contributed by atoms with Gasteiger partial charge in [-0.1, -0.05) is 24.6 Å². The maximum absolute atomic E-state index is 13.5. The van der Waals surface area contributed by atoms with E-state index in [4.69, 9.17) is 9.15 Å². The number of amides is 3. The molecule has 0 fully saturated rings. The molecule has 34 heavy (non-hydrogen) atoms. The molecule has 1 atom stereocenters. The van der Waals surface area contributed by atoms with Gasteiger partial charge in [-0.2, -0.15) is 0 Å². The Balaban J connectivity index is 1.49. The van der Waals surface area contributed by atoms with Crippen molar-refractivity contribution in [2.45, 2.75) is 39.3 Å². The molecule has 180 valence electrons. The first-order valence-electron chi connectivity index (χ1n) is 11.7. The van der Waals surface area contributed by atoms with E-state index in [-0.39, 0.29) is 31.1 Å². The van der Waals surface area contributed by atoms with Crippen LogP contribution in [0.5, 0.6) is 5.75 Å². The summed E-state index contributed by atoms with van der Waals surface area (Å²) < 4.78 is 11.5. The third kappa shape index (κ3) is 5.80. The maximum Gasteiger partial charge on any atom is 0.318 e. The van der Waals surface area contributed by atoms with Gasteiger partial charge in [0.1, 0.15) is 24.7 Å². The number of carbonyl (C=O) groups is 2. The van der Waals surface area contributed by atoms with Crippen LogP contribution in [-0.4, -0.2) is 48.0 Å². The van der Waals surface area contributed by atoms with Crippen molar-refractivity contribution in [2.24, 2.45) is 0 Å². The van der Waals surface area contributed by atoms with Gasteiger partial charge >= 0.3 is 6.03 Å². The summed E-state index contributed by atoms with van der Waals surface area (Å²) in [6.07, 6.45) is 3.19. The molecule has 1 aromatic carbocycles. The summed E-state index contributed by atoms with van der Waals surface area (Å²) in [4.78, 5) is 31.0. The summed E-state index contributed by atoms with van der Waals surface area (Å²) in [5.74, 6) is 1.31. The molecule has 0 unspecified atom stereocenters. The zero-order valence-corrected chi connectivity index (χ0v) is 20.5. The summed E-state index contributed by atoms with van der Waals surface area (Å²) in [7, 11) is 0. The summed E-state index contributed by atoms with van der Waals surface area (Å²) in [6, 6.07) is 13.1. The molecule has 2 aromatic heterocycles. The monoisotopic (exact) mass is 481 g/mol. The van der Waals surface area contributed by atoms with Gasteiger partial charge in [-0.25, -0.2) is 4.79 Å². The van der Waals surface area contributed by atoms with Crippen LogP contribution in [0.3, 0.4) is 0 Å². The number of furan rings is 1. The van der Waals surface area contributed by atoms with E-state index < -0.39 is 0 Å². The van der Waals surface area contributed by atoms with Crippen molar-refractivity contribution in [2.75, 3.05) is 26.2 Å². The molecular formula is C26H31N3O4S. The van der Waals surface area contributed by atoms with Gasteiger partial charge in [0.05, 0.1) is 18.8 Å². The molecule has 0 spiro atoms. The van der Waals surface area contributed by atoms with Gasteiger partial charge in [-0.3, -0.25) is 4.79 Å². The molecule has 0 aliphatic carbocycles. The lowest BCUT2D eigenvalue weighted by Gasteiger charge is -2.37. The topological polar surface area (TPSA) is 75.0 Å². The summed E-state index contributed by atoms with van der Waals surface area (Å²) in [5, 5.41) is 4.95. The van der Waals surface area contributed by atoms with Crippen LogP contribution in [0.4, 0.5) is 4.79 Å². The van der Waals surface area contributed by atoms with E-state index in [0.717, 1.165) is 24.2 Å². The minimum absolute atomic E-state index is 0.0310. The van der Waals surface area contributed by atoms with E-state index >= 15 is 0 Å². The minimum atomic E-state index is -0.271. The minimum Gasteiger partial charge on any atom is -0.491 e. The van der Waals surface area contributed by atoms with Crippen molar-refractivity contribution in [3.8, 4) is 5.75 Å². The number of ether oxygens (including phenoxy) is 1. The lowest BCUT2D eigenvalue weighted by atomic mass is 10.0. The maximum atomic E-state index is 13.5. The lowest BCUT2D eigenvalue weighted by molar-refractivity contribution is -0.135. The highest BCUT2D eigenvalue weighted by atomic mass is 32.1.